The third-order valence-electron chi connectivity index (χ3n) is 4.09. The molecular weight excluding hydrogens is 342 g/mol. The Labute approximate surface area is 148 Å². The van der Waals surface area contributed by atoms with Crippen LogP contribution in [0.3, 0.4) is 0 Å². The molecule has 1 aromatic carbocycles. The van der Waals surface area contributed by atoms with Crippen LogP contribution in [0.25, 0.3) is 0 Å². The van der Waals surface area contributed by atoms with Crippen LogP contribution in [0, 0.1) is 0 Å². The first-order valence-electron chi connectivity index (χ1n) is 8.23. The van der Waals surface area contributed by atoms with E-state index in [9.17, 15) is 8.42 Å². The van der Waals surface area contributed by atoms with E-state index in [1.54, 1.807) is 11.0 Å². The van der Waals surface area contributed by atoms with E-state index < -0.39 is 10.2 Å². The van der Waals surface area contributed by atoms with E-state index in [-0.39, 0.29) is 18.8 Å². The van der Waals surface area contributed by atoms with E-state index >= 15 is 0 Å². The van der Waals surface area contributed by atoms with Crippen LogP contribution in [0.15, 0.2) is 36.9 Å². The highest BCUT2D eigenvalue weighted by Gasteiger charge is 2.30. The van der Waals surface area contributed by atoms with Crippen LogP contribution in [0.5, 0.6) is 0 Å². The van der Waals surface area contributed by atoms with Crippen LogP contribution in [-0.4, -0.2) is 52.8 Å². The molecule has 1 aliphatic rings. The van der Waals surface area contributed by atoms with Gasteiger partial charge in [0.05, 0.1) is 18.8 Å². The molecule has 25 heavy (non-hydrogen) atoms. The van der Waals surface area contributed by atoms with Crippen molar-refractivity contribution in [3.05, 3.63) is 48.0 Å². The van der Waals surface area contributed by atoms with Gasteiger partial charge in [-0.3, -0.25) is 0 Å². The Morgan fingerprint density at radius 3 is 2.52 bits per heavy atom. The largest absolute Gasteiger partial charge is 0.373 e. The molecular formula is C16H23N5O3S. The molecule has 0 spiro atoms. The number of nitrogens with zero attached hydrogens (tertiary/aromatic N) is 4. The average Bonchev–Trinajstić information content (AvgIpc) is 3.06. The third-order valence-corrected chi connectivity index (χ3v) is 5.58. The minimum absolute atomic E-state index is 0.111. The van der Waals surface area contributed by atoms with E-state index in [1.165, 1.54) is 10.6 Å². The highest BCUT2D eigenvalue weighted by atomic mass is 32.2. The molecule has 1 aliphatic heterocycles. The first-order valence-corrected chi connectivity index (χ1v) is 9.67. The van der Waals surface area contributed by atoms with Crippen LogP contribution in [0.2, 0.25) is 0 Å². The normalized spacial score (nSPS) is 22.2. The van der Waals surface area contributed by atoms with Gasteiger partial charge in [0.15, 0.2) is 0 Å². The lowest BCUT2D eigenvalue weighted by molar-refractivity contribution is -0.0444. The van der Waals surface area contributed by atoms with Crippen LogP contribution < -0.4 is 4.72 Å². The van der Waals surface area contributed by atoms with Gasteiger partial charge in [0, 0.05) is 19.6 Å². The standard InChI is InChI=1S/C16H23N5O3S/c1-13-8-21(9-14(2)24-13)25(22,23)19-7-15-5-3-4-6-16(15)10-20-12-17-11-18-20/h3-6,11-14,19H,7-10H2,1-2H3. The second-order valence-electron chi connectivity index (χ2n) is 6.26. The quantitative estimate of drug-likeness (QED) is 0.817. The summed E-state index contributed by atoms with van der Waals surface area (Å²) < 4.78 is 36.7. The van der Waals surface area contributed by atoms with Crippen molar-refractivity contribution in [3.63, 3.8) is 0 Å². The lowest BCUT2D eigenvalue weighted by atomic mass is 10.1. The van der Waals surface area contributed by atoms with E-state index in [0.717, 1.165) is 11.1 Å². The summed E-state index contributed by atoms with van der Waals surface area (Å²) in [6.45, 7) is 5.26. The maximum absolute atomic E-state index is 12.6. The summed E-state index contributed by atoms with van der Waals surface area (Å²) in [6.07, 6.45) is 2.89. The minimum Gasteiger partial charge on any atom is -0.373 e. The van der Waals surface area contributed by atoms with Crippen molar-refractivity contribution >= 4 is 10.2 Å². The van der Waals surface area contributed by atoms with Gasteiger partial charge < -0.3 is 4.74 Å². The Balaban J connectivity index is 1.68. The van der Waals surface area contributed by atoms with E-state index in [4.69, 9.17) is 4.74 Å². The molecule has 1 N–H and O–H groups in total. The van der Waals surface area contributed by atoms with Crippen LogP contribution in [-0.2, 0) is 28.0 Å². The summed E-state index contributed by atoms with van der Waals surface area (Å²) in [6, 6.07) is 7.70. The first kappa shape index (κ1) is 18.0. The topological polar surface area (TPSA) is 89.4 Å². The molecule has 1 fully saturated rings. The van der Waals surface area contributed by atoms with Gasteiger partial charge in [-0.1, -0.05) is 24.3 Å². The first-order chi connectivity index (χ1) is 11.9. The lowest BCUT2D eigenvalue weighted by Crippen LogP contribution is -2.51. The van der Waals surface area contributed by atoms with Crippen molar-refractivity contribution in [2.45, 2.75) is 39.1 Å². The molecule has 2 heterocycles. The fourth-order valence-corrected chi connectivity index (χ4v) is 4.29. The highest BCUT2D eigenvalue weighted by molar-refractivity contribution is 7.87. The zero-order valence-electron chi connectivity index (χ0n) is 14.4. The van der Waals surface area contributed by atoms with E-state index in [0.29, 0.717) is 19.6 Å². The molecule has 136 valence electrons. The Hall–Kier alpha value is -1.81. The molecule has 2 aromatic rings. The molecule has 0 amide bonds. The van der Waals surface area contributed by atoms with Gasteiger partial charge in [-0.15, -0.1) is 0 Å². The van der Waals surface area contributed by atoms with Gasteiger partial charge in [-0.2, -0.15) is 22.5 Å². The molecule has 3 rings (SSSR count). The van der Waals surface area contributed by atoms with Crippen LogP contribution in [0.1, 0.15) is 25.0 Å². The van der Waals surface area contributed by atoms with Gasteiger partial charge in [0.2, 0.25) is 0 Å². The zero-order chi connectivity index (χ0) is 17.9. The van der Waals surface area contributed by atoms with E-state index in [2.05, 4.69) is 14.8 Å². The summed E-state index contributed by atoms with van der Waals surface area (Å²) in [5, 5.41) is 4.10. The van der Waals surface area contributed by atoms with Crippen LogP contribution in [0.4, 0.5) is 0 Å². The van der Waals surface area contributed by atoms with Crippen LogP contribution >= 0.6 is 0 Å². The molecule has 2 unspecified atom stereocenters. The number of aromatic nitrogens is 3. The van der Waals surface area contributed by atoms with Crippen molar-refractivity contribution < 1.29 is 13.2 Å². The van der Waals surface area contributed by atoms with Crippen molar-refractivity contribution in [2.75, 3.05) is 13.1 Å². The molecule has 0 saturated carbocycles. The fourth-order valence-electron chi connectivity index (χ4n) is 2.96. The number of hydrogen-bond donors (Lipinski definition) is 1. The zero-order valence-corrected chi connectivity index (χ0v) is 15.2. The third kappa shape index (κ3) is 4.63. The summed E-state index contributed by atoms with van der Waals surface area (Å²) in [5.74, 6) is 0. The number of rotatable bonds is 6. The Morgan fingerprint density at radius 2 is 1.88 bits per heavy atom. The van der Waals surface area contributed by atoms with Gasteiger partial charge in [-0.25, -0.2) is 9.67 Å². The summed E-state index contributed by atoms with van der Waals surface area (Å²) in [5.41, 5.74) is 1.91. The molecule has 8 nitrogen and oxygen atoms in total. The molecule has 0 aliphatic carbocycles. The van der Waals surface area contributed by atoms with Gasteiger partial charge in [-0.05, 0) is 25.0 Å². The molecule has 1 aromatic heterocycles. The maximum atomic E-state index is 12.6. The van der Waals surface area contributed by atoms with Gasteiger partial charge in [0.25, 0.3) is 10.2 Å². The Kier molecular flexibility index (Phi) is 5.48. The molecule has 9 heteroatoms. The number of morpholine rings is 1. The fraction of sp³-hybridized carbons (Fsp3) is 0.500. The summed E-state index contributed by atoms with van der Waals surface area (Å²) >= 11 is 0. The van der Waals surface area contributed by atoms with Crippen molar-refractivity contribution in [1.82, 2.24) is 23.8 Å². The molecule has 1 saturated heterocycles. The summed E-state index contributed by atoms with van der Waals surface area (Å²) in [7, 11) is -3.56. The van der Waals surface area contributed by atoms with E-state index in [1.807, 2.05) is 38.1 Å². The lowest BCUT2D eigenvalue weighted by Gasteiger charge is -2.34. The monoisotopic (exact) mass is 365 g/mol. The SMILES string of the molecule is CC1CN(S(=O)(=O)NCc2ccccc2Cn2cncn2)CC(C)O1. The minimum atomic E-state index is -3.56. The highest BCUT2D eigenvalue weighted by Crippen LogP contribution is 2.15. The number of hydrogen-bond acceptors (Lipinski definition) is 5. The molecule has 2 atom stereocenters. The number of nitrogens with one attached hydrogen (secondary N) is 1. The van der Waals surface area contributed by atoms with Gasteiger partial charge in [0.1, 0.15) is 12.7 Å². The smallest absolute Gasteiger partial charge is 0.279 e. The average molecular weight is 365 g/mol. The van der Waals surface area contributed by atoms with Crippen molar-refractivity contribution in [3.8, 4) is 0 Å². The predicted molar refractivity (Wildman–Crippen MR) is 92.9 cm³/mol. The van der Waals surface area contributed by atoms with Gasteiger partial charge >= 0.3 is 0 Å². The Bertz CT molecular complexity index is 784. The summed E-state index contributed by atoms with van der Waals surface area (Å²) in [4.78, 5) is 3.93. The molecule has 0 radical (unpaired) electrons. The van der Waals surface area contributed by atoms with Crippen molar-refractivity contribution in [2.24, 2.45) is 0 Å². The maximum Gasteiger partial charge on any atom is 0.279 e. The number of ether oxygens (including phenoxy) is 1. The molecule has 0 bridgehead atoms. The second-order valence-corrected chi connectivity index (χ2v) is 8.02. The number of benzene rings is 1. The second kappa shape index (κ2) is 7.61. The van der Waals surface area contributed by atoms with Crippen molar-refractivity contribution in [1.29, 1.82) is 0 Å². The Morgan fingerprint density at radius 1 is 1.20 bits per heavy atom. The predicted octanol–water partition coefficient (Wildman–Crippen LogP) is 0.770.